The number of hydrogen-bond donors (Lipinski definition) is 1. The maximum absolute atomic E-state index is 13.1. The van der Waals surface area contributed by atoms with Crippen molar-refractivity contribution >= 4 is 45.0 Å². The van der Waals surface area contributed by atoms with Crippen LogP contribution in [-0.4, -0.2) is 61.5 Å². The fourth-order valence-corrected chi connectivity index (χ4v) is 5.51. The second kappa shape index (κ2) is 8.57. The van der Waals surface area contributed by atoms with Crippen LogP contribution in [0.1, 0.15) is 36.0 Å². The molecule has 0 aliphatic carbocycles. The molecule has 10 heteroatoms. The van der Waals surface area contributed by atoms with Gasteiger partial charge in [-0.3, -0.25) is 9.59 Å². The van der Waals surface area contributed by atoms with E-state index >= 15 is 0 Å². The lowest BCUT2D eigenvalue weighted by molar-refractivity contribution is -0.137. The molecule has 1 aromatic carbocycles. The number of carbonyl (C=O) groups excluding carboxylic acids is 2. The van der Waals surface area contributed by atoms with Crippen molar-refractivity contribution in [3.8, 4) is 0 Å². The average Bonchev–Trinajstić information content (AvgIpc) is 3.08. The third kappa shape index (κ3) is 5.17. The van der Waals surface area contributed by atoms with E-state index in [-0.39, 0.29) is 23.5 Å². The Kier molecular flexibility index (Phi) is 6.54. The number of amides is 2. The normalized spacial score (nSPS) is 23.1. The van der Waals surface area contributed by atoms with E-state index in [1.54, 1.807) is 28.0 Å². The van der Waals surface area contributed by atoms with Gasteiger partial charge in [0.05, 0.1) is 5.75 Å². The molecule has 0 unspecified atom stereocenters. The van der Waals surface area contributed by atoms with Crippen molar-refractivity contribution in [3.05, 3.63) is 33.8 Å². The van der Waals surface area contributed by atoms with Crippen molar-refractivity contribution in [2.24, 2.45) is 11.1 Å². The summed E-state index contributed by atoms with van der Waals surface area (Å²) in [5.41, 5.74) is 0.350. The molecule has 28 heavy (non-hydrogen) atoms. The molecular formula is C18H23Cl2N3O4S. The van der Waals surface area contributed by atoms with Gasteiger partial charge in [0.15, 0.2) is 0 Å². The van der Waals surface area contributed by atoms with Crippen molar-refractivity contribution in [2.75, 3.05) is 25.4 Å². The quantitative estimate of drug-likeness (QED) is 0.763. The highest BCUT2D eigenvalue weighted by molar-refractivity contribution is 7.89. The number of primary sulfonamides is 1. The molecule has 0 spiro atoms. The zero-order valence-electron chi connectivity index (χ0n) is 15.3. The van der Waals surface area contributed by atoms with Crippen molar-refractivity contribution in [1.29, 1.82) is 0 Å². The van der Waals surface area contributed by atoms with Crippen LogP contribution >= 0.6 is 23.2 Å². The highest BCUT2D eigenvalue weighted by Crippen LogP contribution is 2.27. The van der Waals surface area contributed by atoms with Crippen LogP contribution in [0.4, 0.5) is 0 Å². The fraction of sp³-hybridized carbons (Fsp3) is 0.556. The first-order valence-electron chi connectivity index (χ1n) is 9.20. The van der Waals surface area contributed by atoms with Gasteiger partial charge in [0.25, 0.3) is 5.91 Å². The van der Waals surface area contributed by atoms with Crippen molar-refractivity contribution < 1.29 is 18.0 Å². The van der Waals surface area contributed by atoms with Gasteiger partial charge in [0.1, 0.15) is 6.04 Å². The van der Waals surface area contributed by atoms with Gasteiger partial charge < -0.3 is 9.80 Å². The highest BCUT2D eigenvalue weighted by Gasteiger charge is 2.38. The fourth-order valence-electron chi connectivity index (χ4n) is 4.05. The summed E-state index contributed by atoms with van der Waals surface area (Å²) in [7, 11) is -3.59. The van der Waals surface area contributed by atoms with Gasteiger partial charge >= 0.3 is 0 Å². The molecule has 1 aromatic rings. The number of nitrogens with two attached hydrogens (primary N) is 1. The molecule has 2 fully saturated rings. The van der Waals surface area contributed by atoms with E-state index in [1.165, 1.54) is 0 Å². The number of carbonyl (C=O) groups is 2. The van der Waals surface area contributed by atoms with Crippen LogP contribution in [0.3, 0.4) is 0 Å². The lowest BCUT2D eigenvalue weighted by atomic mass is 9.99. The van der Waals surface area contributed by atoms with Crippen LogP contribution < -0.4 is 5.14 Å². The Bertz CT molecular complexity index is 857. The predicted molar refractivity (Wildman–Crippen MR) is 108 cm³/mol. The maximum Gasteiger partial charge on any atom is 0.254 e. The van der Waals surface area contributed by atoms with E-state index in [2.05, 4.69) is 0 Å². The van der Waals surface area contributed by atoms with Crippen molar-refractivity contribution in [2.45, 2.75) is 31.7 Å². The third-order valence-electron chi connectivity index (χ3n) is 5.21. The summed E-state index contributed by atoms with van der Waals surface area (Å²) < 4.78 is 22.8. The molecule has 154 valence electrons. The van der Waals surface area contributed by atoms with Crippen LogP contribution in [0.2, 0.25) is 10.0 Å². The average molecular weight is 448 g/mol. The monoisotopic (exact) mass is 447 g/mol. The van der Waals surface area contributed by atoms with Gasteiger partial charge in [-0.2, -0.15) is 0 Å². The van der Waals surface area contributed by atoms with Crippen molar-refractivity contribution in [1.82, 2.24) is 9.80 Å². The van der Waals surface area contributed by atoms with E-state index in [0.717, 1.165) is 12.8 Å². The minimum atomic E-state index is -3.59. The molecule has 2 heterocycles. The number of likely N-dealkylation sites (tertiary alicyclic amines) is 2. The molecule has 2 saturated heterocycles. The summed E-state index contributed by atoms with van der Waals surface area (Å²) in [5.74, 6) is -0.730. The molecule has 2 aliphatic heterocycles. The summed E-state index contributed by atoms with van der Waals surface area (Å²) in [6.45, 7) is 1.38. The first-order chi connectivity index (χ1) is 13.1. The smallest absolute Gasteiger partial charge is 0.254 e. The second-order valence-corrected chi connectivity index (χ2v) is 9.97. The summed E-state index contributed by atoms with van der Waals surface area (Å²) >= 11 is 12.0. The topological polar surface area (TPSA) is 101 Å². The van der Waals surface area contributed by atoms with Gasteiger partial charge in [-0.15, -0.1) is 0 Å². The molecule has 3 rings (SSSR count). The minimum Gasteiger partial charge on any atom is -0.341 e. The van der Waals surface area contributed by atoms with Crippen LogP contribution in [0.25, 0.3) is 0 Å². The number of rotatable bonds is 4. The Morgan fingerprint density at radius 1 is 1.07 bits per heavy atom. The van der Waals surface area contributed by atoms with Gasteiger partial charge in [0.2, 0.25) is 15.9 Å². The van der Waals surface area contributed by atoms with Crippen LogP contribution in [0.15, 0.2) is 18.2 Å². The first-order valence-corrected chi connectivity index (χ1v) is 11.7. The highest BCUT2D eigenvalue weighted by atomic mass is 35.5. The molecule has 0 bridgehead atoms. The zero-order chi connectivity index (χ0) is 20.5. The standard InChI is InChI=1S/C18H23Cl2N3O4S/c19-14-7-13(8-15(20)9-14)17(24)23-6-2-4-16(23)18(25)22-5-1-3-12(10-22)11-28(21,26)27/h7-9,12,16H,1-6,10-11H2,(H2,21,26,27)/t12-,16-/m1/s1. The SMILES string of the molecule is NS(=O)(=O)C[C@@H]1CCCN(C(=O)[C@H]2CCCN2C(=O)c2cc(Cl)cc(Cl)c2)C1. The summed E-state index contributed by atoms with van der Waals surface area (Å²) in [4.78, 5) is 29.3. The predicted octanol–water partition coefficient (Wildman–Crippen LogP) is 2.13. The zero-order valence-corrected chi connectivity index (χ0v) is 17.6. The Morgan fingerprint density at radius 3 is 2.36 bits per heavy atom. The molecule has 7 nitrogen and oxygen atoms in total. The summed E-state index contributed by atoms with van der Waals surface area (Å²) in [6.07, 6.45) is 2.74. The first kappa shape index (κ1) is 21.4. The van der Waals surface area contributed by atoms with Gasteiger partial charge in [0, 0.05) is 35.2 Å². The number of piperidine rings is 1. The number of benzene rings is 1. The van der Waals surface area contributed by atoms with Crippen LogP contribution in [0.5, 0.6) is 0 Å². The van der Waals surface area contributed by atoms with Crippen molar-refractivity contribution in [3.63, 3.8) is 0 Å². The molecule has 2 aliphatic rings. The lowest BCUT2D eigenvalue weighted by Gasteiger charge is -2.36. The molecule has 2 atom stereocenters. The largest absolute Gasteiger partial charge is 0.341 e. The summed E-state index contributed by atoms with van der Waals surface area (Å²) in [5, 5.41) is 5.88. The Balaban J connectivity index is 1.73. The van der Waals surface area contributed by atoms with E-state index in [0.29, 0.717) is 48.1 Å². The molecule has 0 aromatic heterocycles. The van der Waals surface area contributed by atoms with Crippen LogP contribution in [-0.2, 0) is 14.8 Å². The third-order valence-corrected chi connectivity index (χ3v) is 6.58. The molecule has 0 saturated carbocycles. The maximum atomic E-state index is 13.1. The molecule has 2 amide bonds. The van der Waals surface area contributed by atoms with Gasteiger partial charge in [-0.1, -0.05) is 23.2 Å². The van der Waals surface area contributed by atoms with Gasteiger partial charge in [-0.25, -0.2) is 13.6 Å². The van der Waals surface area contributed by atoms with E-state index < -0.39 is 16.1 Å². The number of halogens is 2. The van der Waals surface area contributed by atoms with E-state index in [9.17, 15) is 18.0 Å². The lowest BCUT2D eigenvalue weighted by Crippen LogP contribution is -2.51. The Morgan fingerprint density at radius 2 is 1.71 bits per heavy atom. The number of sulfonamides is 1. The number of nitrogens with zero attached hydrogens (tertiary/aromatic N) is 2. The minimum absolute atomic E-state index is 0.134. The molecule has 2 N–H and O–H groups in total. The molecule has 0 radical (unpaired) electrons. The molecular weight excluding hydrogens is 425 g/mol. The van der Waals surface area contributed by atoms with E-state index in [1.807, 2.05) is 0 Å². The Hall–Kier alpha value is -1.35. The Labute approximate surface area is 174 Å². The number of hydrogen-bond acceptors (Lipinski definition) is 4. The van der Waals surface area contributed by atoms with Crippen LogP contribution in [0, 0.1) is 5.92 Å². The van der Waals surface area contributed by atoms with E-state index in [4.69, 9.17) is 28.3 Å². The summed E-state index contributed by atoms with van der Waals surface area (Å²) in [6, 6.07) is 4.07. The second-order valence-electron chi connectivity index (χ2n) is 7.44. The van der Waals surface area contributed by atoms with Gasteiger partial charge in [-0.05, 0) is 49.8 Å².